The second kappa shape index (κ2) is 58.7. The summed E-state index contributed by atoms with van der Waals surface area (Å²) in [5.41, 5.74) is 0. The number of esters is 1. The molecule has 1 heterocycles. The van der Waals surface area contributed by atoms with Crippen LogP contribution in [0.15, 0.2) is 109 Å². The van der Waals surface area contributed by atoms with E-state index in [9.17, 15) is 35.1 Å². The number of unbranched alkanes of at least 4 members (excludes halogenated alkanes) is 26. The predicted octanol–water partition coefficient (Wildman–Crippen LogP) is 16.8. The van der Waals surface area contributed by atoms with E-state index in [1.165, 1.54) is 96.3 Å². The molecular formula is C72H123NO10. The van der Waals surface area contributed by atoms with Gasteiger partial charge in [-0.3, -0.25) is 9.59 Å². The third-order valence-electron chi connectivity index (χ3n) is 15.2. The molecule has 1 aliphatic rings. The first-order valence-corrected chi connectivity index (χ1v) is 33.7. The Balaban J connectivity index is 2.67. The first kappa shape index (κ1) is 77.3. The summed E-state index contributed by atoms with van der Waals surface area (Å²) in [4.78, 5) is 26.6. The van der Waals surface area contributed by atoms with Gasteiger partial charge in [0.05, 0.1) is 25.4 Å². The number of carbonyl (C=O) groups is 2. The average Bonchev–Trinajstić information content (AvgIpc) is 3.58. The van der Waals surface area contributed by atoms with Crippen LogP contribution in [-0.4, -0.2) is 99.6 Å². The lowest BCUT2D eigenvalue weighted by molar-refractivity contribution is -0.305. The van der Waals surface area contributed by atoms with Crippen molar-refractivity contribution < 1.29 is 49.3 Å². The number of amides is 1. The molecule has 0 aromatic heterocycles. The third-order valence-corrected chi connectivity index (χ3v) is 15.2. The minimum Gasteiger partial charge on any atom is -0.454 e. The summed E-state index contributed by atoms with van der Waals surface area (Å²) in [5.74, 6) is -1.23. The van der Waals surface area contributed by atoms with E-state index in [0.29, 0.717) is 12.8 Å². The number of carbonyl (C=O) groups excluding carboxylic acids is 2. The topological polar surface area (TPSA) is 175 Å². The molecule has 0 aromatic rings. The first-order valence-electron chi connectivity index (χ1n) is 33.7. The summed E-state index contributed by atoms with van der Waals surface area (Å²) in [6, 6.07) is -1.04. The lowest BCUT2D eigenvalue weighted by Gasteiger charge is -2.41. The summed E-state index contributed by atoms with van der Waals surface area (Å²) < 4.78 is 17.7. The lowest BCUT2D eigenvalue weighted by Crippen LogP contribution is -2.61. The van der Waals surface area contributed by atoms with Gasteiger partial charge in [0, 0.05) is 6.42 Å². The van der Waals surface area contributed by atoms with Gasteiger partial charge in [-0.1, -0.05) is 265 Å². The van der Waals surface area contributed by atoms with Crippen LogP contribution in [-0.2, 0) is 23.8 Å². The summed E-state index contributed by atoms with van der Waals surface area (Å²) >= 11 is 0. The number of allylic oxidation sites excluding steroid dienone is 17. The van der Waals surface area contributed by atoms with Gasteiger partial charge in [0.25, 0.3) is 0 Å². The van der Waals surface area contributed by atoms with Crippen molar-refractivity contribution in [2.75, 3.05) is 13.2 Å². The second-order valence-electron chi connectivity index (χ2n) is 22.8. The van der Waals surface area contributed by atoms with Crippen molar-refractivity contribution in [3.63, 3.8) is 0 Å². The maximum absolute atomic E-state index is 13.5. The van der Waals surface area contributed by atoms with E-state index >= 15 is 0 Å². The molecule has 0 aromatic carbocycles. The van der Waals surface area contributed by atoms with Crippen LogP contribution in [0.4, 0.5) is 0 Å². The molecular weight excluding hydrogens is 1040 g/mol. The van der Waals surface area contributed by atoms with Crippen LogP contribution in [0.1, 0.15) is 271 Å². The van der Waals surface area contributed by atoms with E-state index < -0.39 is 67.4 Å². The largest absolute Gasteiger partial charge is 0.454 e. The molecule has 6 N–H and O–H groups in total. The van der Waals surface area contributed by atoms with Gasteiger partial charge in [-0.2, -0.15) is 0 Å². The van der Waals surface area contributed by atoms with Gasteiger partial charge in [-0.15, -0.1) is 0 Å². The normalized spacial score (nSPS) is 19.3. The highest BCUT2D eigenvalue weighted by atomic mass is 16.7. The molecule has 11 nitrogen and oxygen atoms in total. The van der Waals surface area contributed by atoms with E-state index in [-0.39, 0.29) is 19.4 Å². The third kappa shape index (κ3) is 46.2. The van der Waals surface area contributed by atoms with Gasteiger partial charge in [0.2, 0.25) is 5.91 Å². The molecule has 476 valence electrons. The smallest absolute Gasteiger partial charge is 0.306 e. The fraction of sp³-hybridized carbons (Fsp3) is 0.722. The average molecular weight is 1160 g/mol. The fourth-order valence-corrected chi connectivity index (χ4v) is 9.86. The van der Waals surface area contributed by atoms with E-state index in [1.54, 1.807) is 6.08 Å². The standard InChI is InChI=1S/C72H123NO10/c1-4-7-10-13-16-19-22-25-27-29-31-33-35-37-39-42-45-48-51-54-57-60-67(77)83-70-69(79)68(78)66(61-74)82-72(70)81-62-63(64(75)58-55-52-49-46-43-40-24-21-18-15-12-9-6-3)73-71(80)65(76)59-56-53-50-47-44-41-38-36-34-32-30-28-26-23-20-17-14-11-8-5-2/h7,10,16-17,19-20,25-28,31-34,37,39,55,58,63-66,68-70,72,74-76,78-79H,4-6,8-9,11-15,18,21-24,29-30,35-36,38,40-54,56-57,59-62H2,1-3H3,(H,73,80)/b10-7-,19-16-,20-17-,27-25-,28-26-,33-31-,34-32-,39-37-,58-55+. The number of aliphatic hydroxyl groups excluding tert-OH is 5. The molecule has 0 spiro atoms. The number of rotatable bonds is 56. The fourth-order valence-electron chi connectivity index (χ4n) is 9.86. The van der Waals surface area contributed by atoms with Crippen LogP contribution in [0.3, 0.4) is 0 Å². The molecule has 1 saturated heterocycles. The zero-order valence-electron chi connectivity index (χ0n) is 52.8. The van der Waals surface area contributed by atoms with Crippen molar-refractivity contribution in [3.05, 3.63) is 109 Å². The Hall–Kier alpha value is -3.68. The zero-order chi connectivity index (χ0) is 60.3. The molecule has 8 atom stereocenters. The minimum absolute atomic E-state index is 0.0950. The molecule has 1 aliphatic heterocycles. The lowest BCUT2D eigenvalue weighted by atomic mass is 9.99. The number of hydrogen-bond donors (Lipinski definition) is 6. The van der Waals surface area contributed by atoms with E-state index in [1.807, 2.05) is 6.08 Å². The molecule has 0 aliphatic carbocycles. The molecule has 1 rings (SSSR count). The van der Waals surface area contributed by atoms with Crippen LogP contribution >= 0.6 is 0 Å². The maximum atomic E-state index is 13.5. The maximum Gasteiger partial charge on any atom is 0.306 e. The van der Waals surface area contributed by atoms with E-state index in [2.05, 4.69) is 123 Å². The summed E-state index contributed by atoms with van der Waals surface area (Å²) in [5, 5.41) is 57.2. The summed E-state index contributed by atoms with van der Waals surface area (Å²) in [7, 11) is 0. The van der Waals surface area contributed by atoms with Crippen molar-refractivity contribution >= 4 is 11.9 Å². The van der Waals surface area contributed by atoms with Gasteiger partial charge < -0.3 is 45.1 Å². The second-order valence-corrected chi connectivity index (χ2v) is 22.8. The first-order chi connectivity index (χ1) is 40.7. The molecule has 1 amide bonds. The Morgan fingerprint density at radius 3 is 1.33 bits per heavy atom. The Morgan fingerprint density at radius 2 is 0.867 bits per heavy atom. The molecule has 0 bridgehead atoms. The minimum atomic E-state index is -1.63. The van der Waals surface area contributed by atoms with Gasteiger partial charge in [0.15, 0.2) is 12.4 Å². The monoisotopic (exact) mass is 1160 g/mol. The van der Waals surface area contributed by atoms with Crippen LogP contribution in [0.5, 0.6) is 0 Å². The summed E-state index contributed by atoms with van der Waals surface area (Å²) in [6.45, 7) is 5.64. The molecule has 8 unspecified atom stereocenters. The number of nitrogens with one attached hydrogen (secondary N) is 1. The van der Waals surface area contributed by atoms with Gasteiger partial charge in [-0.25, -0.2) is 0 Å². The number of aliphatic hydroxyl groups is 5. The molecule has 83 heavy (non-hydrogen) atoms. The van der Waals surface area contributed by atoms with E-state index in [0.717, 1.165) is 128 Å². The van der Waals surface area contributed by atoms with E-state index in [4.69, 9.17) is 14.2 Å². The van der Waals surface area contributed by atoms with Crippen molar-refractivity contribution in [2.24, 2.45) is 0 Å². The van der Waals surface area contributed by atoms with Crippen molar-refractivity contribution in [1.29, 1.82) is 0 Å². The van der Waals surface area contributed by atoms with Gasteiger partial charge in [-0.05, 0) is 109 Å². The van der Waals surface area contributed by atoms with Crippen LogP contribution < -0.4 is 5.32 Å². The van der Waals surface area contributed by atoms with Crippen LogP contribution in [0.25, 0.3) is 0 Å². The Labute approximate surface area is 507 Å². The molecule has 0 saturated carbocycles. The zero-order valence-corrected chi connectivity index (χ0v) is 52.8. The SMILES string of the molecule is CC/C=C\C/C=C\C/C=C\C/C=C\C/C=C\CCCCCCCC(=O)OC1C(OCC(NC(=O)C(O)CCCCCCCCC/C=C\C/C=C\C/C=C\CCCCC)C(O)/C=C/CCCCCCCCCCCCC)OC(CO)C(O)C1O. The Morgan fingerprint density at radius 1 is 0.482 bits per heavy atom. The highest BCUT2D eigenvalue weighted by molar-refractivity contribution is 5.80. The predicted molar refractivity (Wildman–Crippen MR) is 347 cm³/mol. The van der Waals surface area contributed by atoms with Gasteiger partial charge >= 0.3 is 5.97 Å². The summed E-state index contributed by atoms with van der Waals surface area (Å²) in [6.07, 6.45) is 69.7. The Bertz CT molecular complexity index is 1770. The molecule has 1 fully saturated rings. The quantitative estimate of drug-likeness (QED) is 0.0195. The van der Waals surface area contributed by atoms with Crippen LogP contribution in [0, 0.1) is 0 Å². The van der Waals surface area contributed by atoms with Crippen molar-refractivity contribution in [1.82, 2.24) is 5.32 Å². The number of hydrogen-bond acceptors (Lipinski definition) is 10. The van der Waals surface area contributed by atoms with Crippen LogP contribution in [0.2, 0.25) is 0 Å². The Kier molecular flexibility index (Phi) is 54.7. The molecule has 11 heteroatoms. The number of ether oxygens (including phenoxy) is 3. The highest BCUT2D eigenvalue weighted by Gasteiger charge is 2.47. The highest BCUT2D eigenvalue weighted by Crippen LogP contribution is 2.26. The van der Waals surface area contributed by atoms with Gasteiger partial charge in [0.1, 0.15) is 24.4 Å². The van der Waals surface area contributed by atoms with Crippen molar-refractivity contribution in [2.45, 2.75) is 320 Å². The molecule has 0 radical (unpaired) electrons. The van der Waals surface area contributed by atoms with Crippen molar-refractivity contribution in [3.8, 4) is 0 Å².